The molecule has 9 heteroatoms. The van der Waals surface area contributed by atoms with Crippen molar-refractivity contribution in [1.82, 2.24) is 5.32 Å². The van der Waals surface area contributed by atoms with Gasteiger partial charge in [0.2, 0.25) is 3.79 Å². The van der Waals surface area contributed by atoms with E-state index in [2.05, 4.69) is 10.6 Å². The van der Waals surface area contributed by atoms with Crippen LogP contribution in [-0.2, 0) is 17.6 Å². The van der Waals surface area contributed by atoms with E-state index in [0.717, 1.165) is 41.7 Å². The lowest BCUT2D eigenvalue weighted by Crippen LogP contribution is -2.49. The highest BCUT2D eigenvalue weighted by Gasteiger charge is 2.37. The monoisotopic (exact) mass is 488 g/mol. The molecule has 0 radical (unpaired) electrons. The molecule has 5 nitrogen and oxygen atoms in total. The minimum absolute atomic E-state index is 0.265. The molecule has 0 bridgehead atoms. The number of benzene rings is 1. The molecular weight excluding hydrogens is 467 g/mol. The number of alkyl halides is 3. The van der Waals surface area contributed by atoms with Crippen LogP contribution in [0.2, 0.25) is 0 Å². The number of rotatable bonds is 6. The third-order valence-corrected chi connectivity index (χ3v) is 6.72. The summed E-state index contributed by atoms with van der Waals surface area (Å²) in [5.74, 6) is -0.801. The lowest BCUT2D eigenvalue weighted by atomic mass is 9.95. The average Bonchev–Trinajstić information content (AvgIpc) is 3.05. The summed E-state index contributed by atoms with van der Waals surface area (Å²) in [6, 6.07) is 7.07. The minimum atomic E-state index is -1.85. The van der Waals surface area contributed by atoms with Gasteiger partial charge in [-0.25, -0.2) is 4.79 Å². The highest BCUT2D eigenvalue weighted by atomic mass is 35.6. The molecule has 162 valence electrons. The van der Waals surface area contributed by atoms with Crippen molar-refractivity contribution in [2.45, 2.75) is 49.5 Å². The molecule has 1 unspecified atom stereocenters. The Morgan fingerprint density at radius 2 is 1.83 bits per heavy atom. The van der Waals surface area contributed by atoms with Gasteiger partial charge in [-0.05, 0) is 57.2 Å². The molecule has 30 heavy (non-hydrogen) atoms. The van der Waals surface area contributed by atoms with Gasteiger partial charge in [-0.1, -0.05) is 52.5 Å². The zero-order valence-corrected chi connectivity index (χ0v) is 19.8. The molecule has 1 amide bonds. The van der Waals surface area contributed by atoms with Gasteiger partial charge in [0.1, 0.15) is 11.2 Å². The van der Waals surface area contributed by atoms with Gasteiger partial charge < -0.3 is 15.4 Å². The van der Waals surface area contributed by atoms with Crippen LogP contribution in [-0.4, -0.2) is 28.4 Å². The van der Waals surface area contributed by atoms with E-state index in [1.54, 1.807) is 19.1 Å². The molecule has 1 atom stereocenters. The van der Waals surface area contributed by atoms with E-state index in [-0.39, 0.29) is 6.61 Å². The first kappa shape index (κ1) is 23.2. The summed E-state index contributed by atoms with van der Waals surface area (Å²) in [6.45, 7) is 3.96. The summed E-state index contributed by atoms with van der Waals surface area (Å²) in [5.41, 5.74) is 2.93. The standard InChI is InChI=1S/C21H23Cl3N2O3S/c1-3-29-19(28)16-14-6-4-5-7-15(14)30-18(16)26-20(21(22,23)24)25-17(27)13-10-8-12(2)9-11-13/h8-11,20,26H,3-7H2,1-2H3,(H,25,27). The average molecular weight is 490 g/mol. The molecular formula is C21H23Cl3N2O3S. The van der Waals surface area contributed by atoms with Crippen LogP contribution in [0.3, 0.4) is 0 Å². The minimum Gasteiger partial charge on any atom is -0.462 e. The summed E-state index contributed by atoms with van der Waals surface area (Å²) in [7, 11) is 0. The third kappa shape index (κ3) is 5.41. The predicted octanol–water partition coefficient (Wildman–Crippen LogP) is 5.65. The van der Waals surface area contributed by atoms with E-state index in [1.165, 1.54) is 11.3 Å². The number of amides is 1. The number of nitrogens with one attached hydrogen (secondary N) is 2. The van der Waals surface area contributed by atoms with Gasteiger partial charge in [-0.2, -0.15) is 0 Å². The van der Waals surface area contributed by atoms with Crippen LogP contribution in [0.1, 0.15) is 56.5 Å². The predicted molar refractivity (Wildman–Crippen MR) is 123 cm³/mol. The highest BCUT2D eigenvalue weighted by Crippen LogP contribution is 2.40. The molecule has 1 aromatic heterocycles. The summed E-state index contributed by atoms with van der Waals surface area (Å²) >= 11 is 19.9. The van der Waals surface area contributed by atoms with E-state index in [0.29, 0.717) is 16.1 Å². The quantitative estimate of drug-likeness (QED) is 0.312. The number of fused-ring (bicyclic) bond motifs is 1. The van der Waals surface area contributed by atoms with Gasteiger partial charge in [0.25, 0.3) is 5.91 Å². The number of carbonyl (C=O) groups excluding carboxylic acids is 2. The summed E-state index contributed by atoms with van der Waals surface area (Å²) in [5, 5.41) is 6.36. The van der Waals surface area contributed by atoms with Crippen molar-refractivity contribution in [1.29, 1.82) is 0 Å². The Labute approximate surface area is 195 Å². The fourth-order valence-corrected chi connectivity index (χ4v) is 4.97. The van der Waals surface area contributed by atoms with Crippen LogP contribution in [0.4, 0.5) is 5.00 Å². The second kappa shape index (κ2) is 9.77. The van der Waals surface area contributed by atoms with Gasteiger partial charge in [-0.3, -0.25) is 4.79 Å². The summed E-state index contributed by atoms with van der Waals surface area (Å²) in [4.78, 5) is 26.5. The van der Waals surface area contributed by atoms with Crippen molar-refractivity contribution >= 4 is 63.0 Å². The van der Waals surface area contributed by atoms with Crippen molar-refractivity contribution in [2.24, 2.45) is 0 Å². The SMILES string of the molecule is CCOC(=O)c1c(NC(NC(=O)c2ccc(C)cc2)C(Cl)(Cl)Cl)sc2c1CCCC2. The van der Waals surface area contributed by atoms with E-state index in [9.17, 15) is 9.59 Å². The Kier molecular flexibility index (Phi) is 7.56. The second-order valence-corrected chi connectivity index (χ2v) is 10.6. The number of hydrogen-bond acceptors (Lipinski definition) is 5. The van der Waals surface area contributed by atoms with E-state index in [4.69, 9.17) is 39.5 Å². The molecule has 1 aliphatic rings. The number of thiophene rings is 1. The van der Waals surface area contributed by atoms with Crippen LogP contribution in [0.25, 0.3) is 0 Å². The van der Waals surface area contributed by atoms with Crippen molar-refractivity contribution in [2.75, 3.05) is 11.9 Å². The third-order valence-electron chi connectivity index (χ3n) is 4.84. The Morgan fingerprint density at radius 3 is 2.47 bits per heavy atom. The summed E-state index contributed by atoms with van der Waals surface area (Å²) < 4.78 is 3.41. The normalized spacial score (nSPS) is 14.6. The maximum absolute atomic E-state index is 12.7. The van der Waals surface area contributed by atoms with Crippen LogP contribution < -0.4 is 10.6 Å². The topological polar surface area (TPSA) is 67.4 Å². The fraction of sp³-hybridized carbons (Fsp3) is 0.429. The maximum Gasteiger partial charge on any atom is 0.341 e. The van der Waals surface area contributed by atoms with Crippen LogP contribution in [0.15, 0.2) is 24.3 Å². The smallest absolute Gasteiger partial charge is 0.341 e. The van der Waals surface area contributed by atoms with Gasteiger partial charge in [0.15, 0.2) is 0 Å². The maximum atomic E-state index is 12.7. The van der Waals surface area contributed by atoms with Crippen molar-refractivity contribution in [3.63, 3.8) is 0 Å². The van der Waals surface area contributed by atoms with Crippen molar-refractivity contribution in [3.05, 3.63) is 51.4 Å². The molecule has 0 aliphatic heterocycles. The number of carbonyl (C=O) groups is 2. The van der Waals surface area contributed by atoms with Crippen LogP contribution in [0.5, 0.6) is 0 Å². The molecule has 1 aromatic carbocycles. The van der Waals surface area contributed by atoms with Gasteiger partial charge in [0, 0.05) is 10.4 Å². The van der Waals surface area contributed by atoms with E-state index >= 15 is 0 Å². The Balaban J connectivity index is 1.90. The molecule has 1 heterocycles. The number of anilines is 1. The number of ether oxygens (including phenoxy) is 1. The zero-order chi connectivity index (χ0) is 21.9. The molecule has 2 aromatic rings. The van der Waals surface area contributed by atoms with Crippen molar-refractivity contribution in [3.8, 4) is 0 Å². The first-order valence-electron chi connectivity index (χ1n) is 9.73. The van der Waals surface area contributed by atoms with E-state index < -0.39 is 21.8 Å². The highest BCUT2D eigenvalue weighted by molar-refractivity contribution is 7.16. The number of hydrogen-bond donors (Lipinski definition) is 2. The second-order valence-electron chi connectivity index (χ2n) is 7.09. The Bertz CT molecular complexity index is 923. The molecule has 2 N–H and O–H groups in total. The Morgan fingerprint density at radius 1 is 1.17 bits per heavy atom. The van der Waals surface area contributed by atoms with Crippen molar-refractivity contribution < 1.29 is 14.3 Å². The van der Waals surface area contributed by atoms with Gasteiger partial charge >= 0.3 is 5.97 Å². The number of esters is 1. The van der Waals surface area contributed by atoms with Crippen LogP contribution in [0, 0.1) is 6.92 Å². The van der Waals surface area contributed by atoms with E-state index in [1.807, 2.05) is 19.1 Å². The molecule has 0 saturated carbocycles. The van der Waals surface area contributed by atoms with Gasteiger partial charge in [0.05, 0.1) is 12.2 Å². The summed E-state index contributed by atoms with van der Waals surface area (Å²) in [6.07, 6.45) is 2.71. The fourth-order valence-electron chi connectivity index (χ4n) is 3.34. The molecule has 1 aliphatic carbocycles. The Hall–Kier alpha value is -1.47. The van der Waals surface area contributed by atoms with Gasteiger partial charge in [-0.15, -0.1) is 11.3 Å². The number of aryl methyl sites for hydroxylation is 2. The molecule has 0 spiro atoms. The largest absolute Gasteiger partial charge is 0.462 e. The lowest BCUT2D eigenvalue weighted by Gasteiger charge is -2.27. The number of halogens is 3. The van der Waals surface area contributed by atoms with Crippen LogP contribution >= 0.6 is 46.1 Å². The first-order valence-corrected chi connectivity index (χ1v) is 11.7. The first-order chi connectivity index (χ1) is 14.2. The lowest BCUT2D eigenvalue weighted by molar-refractivity contribution is 0.0526. The zero-order valence-electron chi connectivity index (χ0n) is 16.7. The molecule has 3 rings (SSSR count). The molecule has 0 fully saturated rings. The molecule has 0 saturated heterocycles.